The Morgan fingerprint density at radius 1 is 1.20 bits per heavy atom. The highest BCUT2D eigenvalue weighted by Crippen LogP contribution is 2.64. The number of carbonyl (C=O) groups excluding carboxylic acids is 2. The molecule has 1 saturated carbocycles. The number of hydrogen-bond acceptors (Lipinski definition) is 2. The number of nitrogens with zero attached hydrogens (tertiary/aromatic N) is 2. The quantitative estimate of drug-likeness (QED) is 0.636. The van der Waals surface area contributed by atoms with E-state index in [9.17, 15) is 9.59 Å². The maximum Gasteiger partial charge on any atom is 0.331 e. The Labute approximate surface area is 127 Å². The summed E-state index contributed by atoms with van der Waals surface area (Å²) in [5.41, 5.74) is 0.311. The minimum Gasteiger partial charge on any atom is -0.285 e. The molecule has 0 aromatic heterocycles. The zero-order valence-electron chi connectivity index (χ0n) is 11.0. The first kappa shape index (κ1) is 13.7. The molecule has 1 aliphatic heterocycles. The minimum absolute atomic E-state index is 0.0660. The average molecular weight is 313 g/mol. The molecule has 3 amide bonds. The third-order valence-electron chi connectivity index (χ3n) is 4.00. The molecule has 4 nitrogen and oxygen atoms in total. The summed E-state index contributed by atoms with van der Waals surface area (Å²) < 4.78 is -0.840. The minimum atomic E-state index is -0.840. The van der Waals surface area contributed by atoms with E-state index in [0.29, 0.717) is 6.42 Å². The van der Waals surface area contributed by atoms with Gasteiger partial charge in [-0.15, -0.1) is 23.2 Å². The van der Waals surface area contributed by atoms with Gasteiger partial charge in [0, 0.05) is 17.6 Å². The van der Waals surface area contributed by atoms with Crippen molar-refractivity contribution in [1.29, 1.82) is 0 Å². The fraction of sp³-hybridized carbons (Fsp3) is 0.429. The molecular formula is C14H14Cl2N2O2. The fourth-order valence-electron chi connectivity index (χ4n) is 2.47. The number of hydrogen-bond donors (Lipinski definition) is 0. The normalized spacial score (nSPS) is 28.1. The van der Waals surface area contributed by atoms with Crippen molar-refractivity contribution in [2.45, 2.75) is 17.7 Å². The van der Waals surface area contributed by atoms with Crippen molar-refractivity contribution in [1.82, 2.24) is 4.90 Å². The Bertz CT molecular complexity index is 576. The first-order chi connectivity index (χ1) is 9.34. The van der Waals surface area contributed by atoms with Crippen molar-refractivity contribution in [3.05, 3.63) is 30.3 Å². The molecule has 1 unspecified atom stereocenters. The van der Waals surface area contributed by atoms with E-state index in [1.54, 1.807) is 12.1 Å². The number of anilines is 1. The van der Waals surface area contributed by atoms with Crippen LogP contribution in [-0.2, 0) is 4.79 Å². The molecule has 1 aliphatic carbocycles. The van der Waals surface area contributed by atoms with Crippen molar-refractivity contribution in [3.8, 4) is 0 Å². The average Bonchev–Trinajstić information content (AvgIpc) is 2.78. The van der Waals surface area contributed by atoms with Gasteiger partial charge in [-0.05, 0) is 18.6 Å². The molecule has 1 heterocycles. The molecular weight excluding hydrogens is 299 g/mol. The number of carbonyl (C=O) groups is 2. The maximum atomic E-state index is 12.4. The highest BCUT2D eigenvalue weighted by molar-refractivity contribution is 6.51. The predicted octanol–water partition coefficient (Wildman–Crippen LogP) is 3.04. The lowest BCUT2D eigenvalue weighted by Gasteiger charge is -2.21. The predicted molar refractivity (Wildman–Crippen MR) is 78.1 cm³/mol. The number of para-hydroxylation sites is 1. The third-order valence-corrected chi connectivity index (χ3v) is 5.18. The van der Waals surface area contributed by atoms with Crippen LogP contribution in [-0.4, -0.2) is 34.3 Å². The van der Waals surface area contributed by atoms with E-state index in [4.69, 9.17) is 23.2 Å². The first-order valence-electron chi connectivity index (χ1n) is 6.39. The molecule has 1 aromatic rings. The Morgan fingerprint density at radius 2 is 1.80 bits per heavy atom. The van der Waals surface area contributed by atoms with Gasteiger partial charge >= 0.3 is 6.03 Å². The Morgan fingerprint density at radius 3 is 2.35 bits per heavy atom. The van der Waals surface area contributed by atoms with Crippen molar-refractivity contribution in [2.75, 3.05) is 18.0 Å². The van der Waals surface area contributed by atoms with Crippen molar-refractivity contribution in [3.63, 3.8) is 0 Å². The smallest absolute Gasteiger partial charge is 0.285 e. The van der Waals surface area contributed by atoms with E-state index in [2.05, 4.69) is 0 Å². The number of imide groups is 1. The molecule has 2 aliphatic rings. The zero-order chi connectivity index (χ0) is 14.5. The summed E-state index contributed by atoms with van der Waals surface area (Å²) in [6.45, 7) is 2.22. The van der Waals surface area contributed by atoms with Gasteiger partial charge in [-0.1, -0.05) is 25.1 Å². The summed E-state index contributed by atoms with van der Waals surface area (Å²) in [6, 6.07) is 8.84. The van der Waals surface area contributed by atoms with Gasteiger partial charge in [0.1, 0.15) is 10.9 Å². The highest BCUT2D eigenvalue weighted by atomic mass is 35.5. The summed E-state index contributed by atoms with van der Waals surface area (Å²) >= 11 is 12.2. The second-order valence-corrected chi connectivity index (χ2v) is 7.11. The molecule has 106 valence electrons. The molecule has 1 atom stereocenters. The lowest BCUT2D eigenvalue weighted by molar-refractivity contribution is -0.125. The van der Waals surface area contributed by atoms with Crippen LogP contribution in [0.15, 0.2) is 30.3 Å². The molecule has 20 heavy (non-hydrogen) atoms. The Hall–Kier alpha value is -1.26. The monoisotopic (exact) mass is 312 g/mol. The molecule has 1 saturated heterocycles. The molecule has 0 spiro atoms. The fourth-order valence-corrected chi connectivity index (χ4v) is 3.18. The van der Waals surface area contributed by atoms with Gasteiger partial charge in [0.05, 0.1) is 0 Å². The summed E-state index contributed by atoms with van der Waals surface area (Å²) in [5, 5.41) is 0. The lowest BCUT2D eigenvalue weighted by atomic mass is 10.1. The van der Waals surface area contributed by atoms with Crippen LogP contribution in [0.25, 0.3) is 0 Å². The number of halogens is 2. The van der Waals surface area contributed by atoms with Gasteiger partial charge in [0.25, 0.3) is 5.91 Å². The van der Waals surface area contributed by atoms with Crippen molar-refractivity contribution in [2.24, 2.45) is 5.41 Å². The van der Waals surface area contributed by atoms with E-state index in [-0.39, 0.29) is 25.0 Å². The lowest BCUT2D eigenvalue weighted by Crippen LogP contribution is -2.38. The van der Waals surface area contributed by atoms with Crippen LogP contribution in [0.5, 0.6) is 0 Å². The maximum absolute atomic E-state index is 12.4. The summed E-state index contributed by atoms with van der Waals surface area (Å²) in [5.74, 6) is -0.212. The van der Waals surface area contributed by atoms with Crippen LogP contribution in [0.1, 0.15) is 13.3 Å². The zero-order valence-corrected chi connectivity index (χ0v) is 12.5. The van der Waals surface area contributed by atoms with E-state index in [1.807, 2.05) is 25.1 Å². The third kappa shape index (κ3) is 2.07. The molecule has 6 heteroatoms. The van der Waals surface area contributed by atoms with Gasteiger partial charge in [-0.2, -0.15) is 0 Å². The van der Waals surface area contributed by atoms with Crippen LogP contribution in [0.2, 0.25) is 0 Å². The SMILES string of the molecule is CC1(CN2C(=O)CN(c3ccccc3)C2=O)CC1(Cl)Cl. The van der Waals surface area contributed by atoms with Crippen LogP contribution in [0.4, 0.5) is 10.5 Å². The largest absolute Gasteiger partial charge is 0.331 e. The van der Waals surface area contributed by atoms with Crippen LogP contribution < -0.4 is 4.90 Å². The number of urea groups is 1. The molecule has 1 aromatic carbocycles. The molecule has 3 rings (SSSR count). The second-order valence-electron chi connectivity index (χ2n) is 5.63. The molecule has 2 fully saturated rings. The number of benzene rings is 1. The van der Waals surface area contributed by atoms with Crippen molar-refractivity contribution >= 4 is 40.8 Å². The van der Waals surface area contributed by atoms with E-state index in [1.165, 1.54) is 9.80 Å². The summed E-state index contributed by atoms with van der Waals surface area (Å²) in [6.07, 6.45) is 0.589. The highest BCUT2D eigenvalue weighted by Gasteiger charge is 2.64. The van der Waals surface area contributed by atoms with E-state index >= 15 is 0 Å². The standard InChI is InChI=1S/C14H14Cl2N2O2/c1-13(8-14(13,15)16)9-18-11(19)7-17(12(18)20)10-5-3-2-4-6-10/h2-6H,7-9H2,1H3. The van der Waals surface area contributed by atoms with Crippen LogP contribution in [0.3, 0.4) is 0 Å². The Kier molecular flexibility index (Phi) is 2.99. The molecule has 0 N–H and O–H groups in total. The first-order valence-corrected chi connectivity index (χ1v) is 7.14. The number of rotatable bonds is 3. The van der Waals surface area contributed by atoms with Crippen LogP contribution >= 0.6 is 23.2 Å². The topological polar surface area (TPSA) is 40.6 Å². The van der Waals surface area contributed by atoms with Gasteiger partial charge in [0.2, 0.25) is 0 Å². The van der Waals surface area contributed by atoms with Gasteiger partial charge < -0.3 is 0 Å². The summed E-state index contributed by atoms with van der Waals surface area (Å²) in [7, 11) is 0. The number of alkyl halides is 2. The van der Waals surface area contributed by atoms with Gasteiger partial charge in [0.15, 0.2) is 0 Å². The van der Waals surface area contributed by atoms with Crippen molar-refractivity contribution < 1.29 is 9.59 Å². The second kappa shape index (κ2) is 4.37. The summed E-state index contributed by atoms with van der Waals surface area (Å²) in [4.78, 5) is 27.2. The van der Waals surface area contributed by atoms with E-state index < -0.39 is 9.75 Å². The van der Waals surface area contributed by atoms with Gasteiger partial charge in [-0.25, -0.2) is 4.79 Å². The van der Waals surface area contributed by atoms with Crippen LogP contribution in [0, 0.1) is 5.41 Å². The molecule has 0 bridgehead atoms. The van der Waals surface area contributed by atoms with E-state index in [0.717, 1.165) is 5.69 Å². The Balaban J connectivity index is 1.78. The number of amides is 3. The molecule has 0 radical (unpaired) electrons. The van der Waals surface area contributed by atoms with Gasteiger partial charge in [-0.3, -0.25) is 14.6 Å².